The van der Waals surface area contributed by atoms with E-state index in [0.717, 1.165) is 23.5 Å². The number of amidine groups is 1. The number of esters is 1. The molecular weight excluding hydrogens is 548 g/mol. The number of nitrogens with one attached hydrogen (secondary N) is 1. The summed E-state index contributed by atoms with van der Waals surface area (Å²) in [4.78, 5) is 21.7. The first-order valence-corrected chi connectivity index (χ1v) is 13.3. The molecule has 2 aromatic rings. The normalized spacial score (nSPS) is 21.3. The Kier molecular flexibility index (Phi) is 7.42. The monoisotopic (exact) mass is 566 g/mol. The summed E-state index contributed by atoms with van der Waals surface area (Å²) in [5.41, 5.74) is 0.509. The van der Waals surface area contributed by atoms with E-state index in [-0.39, 0.29) is 47.2 Å². The summed E-state index contributed by atoms with van der Waals surface area (Å²) in [6, 6.07) is 2.51. The van der Waals surface area contributed by atoms with Crippen molar-refractivity contribution in [3.63, 3.8) is 0 Å². The minimum Gasteiger partial charge on any atom is -0.466 e. The first-order chi connectivity index (χ1) is 16.9. The van der Waals surface area contributed by atoms with Crippen LogP contribution in [0.1, 0.15) is 23.0 Å². The van der Waals surface area contributed by atoms with E-state index in [9.17, 15) is 30.8 Å². The Morgan fingerprint density at radius 2 is 2.11 bits per heavy atom. The molecule has 1 aromatic heterocycles. The second-order valence-electron chi connectivity index (χ2n) is 8.04. The van der Waals surface area contributed by atoms with Gasteiger partial charge < -0.3 is 10.1 Å². The summed E-state index contributed by atoms with van der Waals surface area (Å²) >= 11 is 7.53. The smallest absolute Gasteiger partial charge is 0.404 e. The Balaban J connectivity index is 1.79. The number of aliphatic imine (C=N–C) groups is 1. The number of nitrogens with zero attached hydrogens (tertiary/aromatic N) is 3. The van der Waals surface area contributed by atoms with Crippen LogP contribution >= 0.6 is 22.9 Å². The number of alkyl halides is 3. The number of aromatic nitrogens is 1. The van der Waals surface area contributed by atoms with Crippen LogP contribution in [0.15, 0.2) is 46.0 Å². The number of hydrogen-bond donors (Lipinski definition) is 1. The van der Waals surface area contributed by atoms with Gasteiger partial charge in [0.1, 0.15) is 11.9 Å². The van der Waals surface area contributed by atoms with Crippen LogP contribution in [0.5, 0.6) is 0 Å². The van der Waals surface area contributed by atoms with Crippen LogP contribution in [0.2, 0.25) is 5.02 Å². The van der Waals surface area contributed by atoms with Gasteiger partial charge in [-0.25, -0.2) is 26.9 Å². The lowest BCUT2D eigenvalue weighted by atomic mass is 9.90. The van der Waals surface area contributed by atoms with Crippen molar-refractivity contribution in [3.05, 3.63) is 62.5 Å². The van der Waals surface area contributed by atoms with Gasteiger partial charge in [-0.15, -0.1) is 11.3 Å². The zero-order valence-electron chi connectivity index (χ0n) is 18.6. The maximum Gasteiger partial charge on any atom is 0.404 e. The summed E-state index contributed by atoms with van der Waals surface area (Å²) in [5.74, 6) is -3.83. The van der Waals surface area contributed by atoms with E-state index in [4.69, 9.17) is 16.3 Å². The molecule has 0 radical (unpaired) electrons. The molecule has 2 unspecified atom stereocenters. The van der Waals surface area contributed by atoms with E-state index in [1.54, 1.807) is 5.38 Å². The van der Waals surface area contributed by atoms with Crippen molar-refractivity contribution in [2.24, 2.45) is 10.9 Å². The molecule has 15 heteroatoms. The van der Waals surface area contributed by atoms with Gasteiger partial charge in [-0.05, 0) is 18.6 Å². The quantitative estimate of drug-likeness (QED) is 0.423. The van der Waals surface area contributed by atoms with Gasteiger partial charge in [0, 0.05) is 46.9 Å². The molecule has 194 valence electrons. The van der Waals surface area contributed by atoms with Crippen molar-refractivity contribution in [1.82, 2.24) is 14.6 Å². The van der Waals surface area contributed by atoms with E-state index in [0.29, 0.717) is 5.01 Å². The number of thiazole rings is 1. The molecule has 2 atom stereocenters. The van der Waals surface area contributed by atoms with Crippen molar-refractivity contribution in [3.8, 4) is 0 Å². The molecule has 36 heavy (non-hydrogen) atoms. The largest absolute Gasteiger partial charge is 0.466 e. The third-order valence-electron chi connectivity index (χ3n) is 5.67. The fourth-order valence-corrected chi connectivity index (χ4v) is 6.38. The van der Waals surface area contributed by atoms with Crippen LogP contribution in [-0.4, -0.2) is 61.6 Å². The van der Waals surface area contributed by atoms with Crippen LogP contribution in [0, 0.1) is 11.7 Å². The van der Waals surface area contributed by atoms with Crippen LogP contribution in [-0.2, 0) is 19.6 Å². The lowest BCUT2D eigenvalue weighted by Gasteiger charge is -2.30. The Morgan fingerprint density at radius 1 is 1.36 bits per heavy atom. The predicted molar refractivity (Wildman–Crippen MR) is 125 cm³/mol. The second-order valence-corrected chi connectivity index (χ2v) is 11.3. The van der Waals surface area contributed by atoms with Crippen LogP contribution < -0.4 is 5.32 Å². The van der Waals surface area contributed by atoms with E-state index < -0.39 is 45.7 Å². The van der Waals surface area contributed by atoms with Gasteiger partial charge >= 0.3 is 12.1 Å². The zero-order chi connectivity index (χ0) is 26.3. The molecule has 2 aliphatic rings. The highest BCUT2D eigenvalue weighted by atomic mass is 35.5. The van der Waals surface area contributed by atoms with Gasteiger partial charge in [-0.1, -0.05) is 17.7 Å². The summed E-state index contributed by atoms with van der Waals surface area (Å²) < 4.78 is 82.7. The van der Waals surface area contributed by atoms with Crippen LogP contribution in [0.3, 0.4) is 0 Å². The molecule has 2 aliphatic heterocycles. The predicted octanol–water partition coefficient (Wildman–Crippen LogP) is 3.67. The summed E-state index contributed by atoms with van der Waals surface area (Å²) in [5, 5.41) is 5.16. The van der Waals surface area contributed by atoms with Crippen LogP contribution in [0.4, 0.5) is 17.6 Å². The maximum absolute atomic E-state index is 13.7. The molecule has 0 spiro atoms. The third-order valence-corrected chi connectivity index (χ3v) is 8.59. The molecule has 1 aromatic carbocycles. The van der Waals surface area contributed by atoms with Gasteiger partial charge in [0.2, 0.25) is 10.0 Å². The first kappa shape index (κ1) is 26.5. The lowest BCUT2D eigenvalue weighted by Crippen LogP contribution is -2.39. The minimum absolute atomic E-state index is 0.00798. The molecule has 0 saturated carbocycles. The Morgan fingerprint density at radius 3 is 2.72 bits per heavy atom. The summed E-state index contributed by atoms with van der Waals surface area (Å²) in [6.07, 6.45) is -3.23. The highest BCUT2D eigenvalue weighted by Gasteiger charge is 2.44. The average molecular weight is 567 g/mol. The molecule has 8 nitrogen and oxygen atoms in total. The molecular formula is C21H19ClF4N4O4S2. The molecule has 0 aliphatic carbocycles. The number of sulfonamides is 1. The third kappa shape index (κ3) is 5.56. The van der Waals surface area contributed by atoms with E-state index in [1.807, 2.05) is 0 Å². The highest BCUT2D eigenvalue weighted by molar-refractivity contribution is 7.89. The van der Waals surface area contributed by atoms with Crippen molar-refractivity contribution in [2.75, 3.05) is 26.0 Å². The number of hydrogen-bond acceptors (Lipinski definition) is 8. The Labute approximate surface area is 212 Å². The number of rotatable bonds is 6. The van der Waals surface area contributed by atoms with Crippen molar-refractivity contribution in [2.45, 2.75) is 18.6 Å². The first-order valence-electron chi connectivity index (χ1n) is 10.5. The zero-order valence-corrected chi connectivity index (χ0v) is 20.9. The summed E-state index contributed by atoms with van der Waals surface area (Å²) in [7, 11) is -3.48. The van der Waals surface area contributed by atoms with Gasteiger partial charge in [-0.2, -0.15) is 13.2 Å². The number of halogens is 5. The van der Waals surface area contributed by atoms with Gasteiger partial charge in [-0.3, -0.25) is 4.99 Å². The van der Waals surface area contributed by atoms with Crippen molar-refractivity contribution in [1.29, 1.82) is 0 Å². The number of benzene rings is 1. The standard InChI is InChI=1S/C21H19ClF4N4O4S2/c1-34-20(31)15-16(11-4-6-30(9-11)36(32,33)10-21(24,25)26)28-18(19-27-5-7-35-19)29-17(15)13-3-2-12(23)8-14(13)22/h2-3,5,7-8,11,17H,4,6,9-10H2,1H3,(H,28,29). The lowest BCUT2D eigenvalue weighted by molar-refractivity contribution is -0.136. The molecule has 0 bridgehead atoms. The number of ether oxygens (including phenoxy) is 1. The highest BCUT2D eigenvalue weighted by Crippen LogP contribution is 2.40. The minimum atomic E-state index is -4.90. The SMILES string of the molecule is COC(=O)C1=C(C2CCN(S(=O)(=O)CC(F)(F)F)C2)NC(c2nccs2)=NC1c1ccc(F)cc1Cl. The number of methoxy groups -OCH3 is 1. The molecule has 3 heterocycles. The summed E-state index contributed by atoms with van der Waals surface area (Å²) in [6.45, 7) is -0.468. The molecule has 0 amide bonds. The van der Waals surface area contributed by atoms with E-state index in [1.165, 1.54) is 23.6 Å². The Bertz CT molecular complexity index is 1330. The fraction of sp³-hybridized carbons (Fsp3) is 0.381. The number of carbonyl (C=O) groups excluding carboxylic acids is 1. The van der Waals surface area contributed by atoms with Gasteiger partial charge in [0.15, 0.2) is 16.6 Å². The maximum atomic E-state index is 13.7. The van der Waals surface area contributed by atoms with E-state index in [2.05, 4.69) is 15.3 Å². The molecule has 4 rings (SSSR count). The van der Waals surface area contributed by atoms with Crippen molar-refractivity contribution >= 4 is 44.8 Å². The molecule has 1 fully saturated rings. The number of carbonyl (C=O) groups is 1. The topological polar surface area (TPSA) is 101 Å². The average Bonchev–Trinajstić information content (AvgIpc) is 3.49. The van der Waals surface area contributed by atoms with Gasteiger partial charge in [0.25, 0.3) is 0 Å². The van der Waals surface area contributed by atoms with Gasteiger partial charge in [0.05, 0.1) is 12.7 Å². The van der Waals surface area contributed by atoms with Crippen molar-refractivity contribution < 1.29 is 35.5 Å². The second kappa shape index (κ2) is 10.1. The fourth-order valence-electron chi connectivity index (χ4n) is 4.13. The molecule has 1 N–H and O–H groups in total. The van der Waals surface area contributed by atoms with Crippen LogP contribution in [0.25, 0.3) is 0 Å². The van der Waals surface area contributed by atoms with E-state index >= 15 is 0 Å². The Hall–Kier alpha value is -2.55. The molecule has 1 saturated heterocycles.